The summed E-state index contributed by atoms with van der Waals surface area (Å²) in [7, 11) is 1.68. The van der Waals surface area contributed by atoms with Crippen molar-refractivity contribution in [2.45, 2.75) is 52.0 Å². The Morgan fingerprint density at radius 3 is 2.96 bits per heavy atom. The van der Waals surface area contributed by atoms with Gasteiger partial charge in [-0.25, -0.2) is 0 Å². The lowest BCUT2D eigenvalue weighted by Crippen LogP contribution is -2.26. The predicted molar refractivity (Wildman–Crippen MR) is 91.1 cm³/mol. The minimum atomic E-state index is 0.0728. The fraction of sp³-hybridized carbons (Fsp3) is 0.474. The average molecular weight is 328 g/mol. The van der Waals surface area contributed by atoms with Crippen molar-refractivity contribution in [1.82, 2.24) is 10.5 Å². The minimum absolute atomic E-state index is 0.0728. The van der Waals surface area contributed by atoms with Gasteiger partial charge in [-0.3, -0.25) is 4.79 Å². The molecular weight excluding hydrogens is 304 g/mol. The summed E-state index contributed by atoms with van der Waals surface area (Å²) in [6, 6.07) is 6.20. The molecule has 1 amide bonds. The van der Waals surface area contributed by atoms with E-state index in [4.69, 9.17) is 9.26 Å². The summed E-state index contributed by atoms with van der Waals surface area (Å²) in [6.07, 6.45) is 3.74. The Morgan fingerprint density at radius 2 is 2.25 bits per heavy atom. The fourth-order valence-corrected chi connectivity index (χ4v) is 3.47. The molecule has 5 nitrogen and oxygen atoms in total. The van der Waals surface area contributed by atoms with Gasteiger partial charge in [0.2, 0.25) is 5.91 Å². The molecule has 0 bridgehead atoms. The molecule has 1 aliphatic carbocycles. The van der Waals surface area contributed by atoms with Gasteiger partial charge in [0.05, 0.1) is 12.8 Å². The first-order chi connectivity index (χ1) is 11.6. The number of hydrogen-bond donors (Lipinski definition) is 1. The molecule has 2 aromatic rings. The van der Waals surface area contributed by atoms with Crippen LogP contribution in [0.15, 0.2) is 22.7 Å². The number of benzene rings is 1. The number of nitrogens with one attached hydrogen (secondary N) is 1. The molecule has 1 N–H and O–H groups in total. The average Bonchev–Trinajstić information content (AvgIpc) is 2.91. The first-order valence-electron chi connectivity index (χ1n) is 8.43. The molecule has 0 fully saturated rings. The lowest BCUT2D eigenvalue weighted by atomic mass is 9.81. The van der Waals surface area contributed by atoms with Crippen molar-refractivity contribution in [1.29, 1.82) is 0 Å². The zero-order chi connectivity index (χ0) is 17.1. The highest BCUT2D eigenvalue weighted by Crippen LogP contribution is 2.35. The maximum Gasteiger partial charge on any atom is 0.220 e. The highest BCUT2D eigenvalue weighted by Gasteiger charge is 2.23. The quantitative estimate of drug-likeness (QED) is 0.913. The van der Waals surface area contributed by atoms with Crippen LogP contribution in [-0.2, 0) is 17.8 Å². The first kappa shape index (κ1) is 16.6. The van der Waals surface area contributed by atoms with Gasteiger partial charge < -0.3 is 14.6 Å². The molecular formula is C19H24N2O3. The van der Waals surface area contributed by atoms with Crippen molar-refractivity contribution in [3.05, 3.63) is 46.3 Å². The van der Waals surface area contributed by atoms with Crippen molar-refractivity contribution in [2.24, 2.45) is 0 Å². The molecule has 0 saturated carbocycles. The molecule has 3 rings (SSSR count). The summed E-state index contributed by atoms with van der Waals surface area (Å²) in [4.78, 5) is 12.4. The number of carbonyl (C=O) groups excluding carboxylic acids is 1. The fourth-order valence-electron chi connectivity index (χ4n) is 3.47. The molecule has 1 unspecified atom stereocenters. The van der Waals surface area contributed by atoms with Gasteiger partial charge in [0.25, 0.3) is 0 Å². The lowest BCUT2D eigenvalue weighted by molar-refractivity contribution is -0.121. The number of ether oxygens (including phenoxy) is 1. The van der Waals surface area contributed by atoms with Gasteiger partial charge in [0.1, 0.15) is 11.5 Å². The molecule has 128 valence electrons. The lowest BCUT2D eigenvalue weighted by Gasteiger charge is -2.25. The Morgan fingerprint density at radius 1 is 1.42 bits per heavy atom. The molecule has 1 atom stereocenters. The maximum absolute atomic E-state index is 12.4. The van der Waals surface area contributed by atoms with E-state index < -0.39 is 0 Å². The van der Waals surface area contributed by atoms with Gasteiger partial charge in [-0.2, -0.15) is 0 Å². The predicted octanol–water partition coefficient (Wildman–Crippen LogP) is 3.43. The summed E-state index contributed by atoms with van der Waals surface area (Å²) in [5, 5.41) is 6.92. The Bertz CT molecular complexity index is 717. The molecule has 1 aromatic carbocycles. The van der Waals surface area contributed by atoms with E-state index in [2.05, 4.69) is 22.6 Å². The monoisotopic (exact) mass is 328 g/mol. The van der Waals surface area contributed by atoms with Gasteiger partial charge in [0, 0.05) is 18.5 Å². The van der Waals surface area contributed by atoms with Crippen LogP contribution in [0.5, 0.6) is 5.75 Å². The van der Waals surface area contributed by atoms with Crippen LogP contribution in [0.1, 0.15) is 53.3 Å². The van der Waals surface area contributed by atoms with Crippen LogP contribution in [0.25, 0.3) is 0 Å². The minimum Gasteiger partial charge on any atom is -0.497 e. The SMILES string of the molecule is COc1ccc2c(c1)CCCC2CC(=O)NCc1c(C)noc1C. The van der Waals surface area contributed by atoms with E-state index >= 15 is 0 Å². The van der Waals surface area contributed by atoms with Crippen molar-refractivity contribution < 1.29 is 14.1 Å². The molecule has 1 heterocycles. The molecule has 1 aliphatic rings. The van der Waals surface area contributed by atoms with Crippen LogP contribution in [0.3, 0.4) is 0 Å². The molecule has 0 saturated heterocycles. The second-order valence-electron chi connectivity index (χ2n) is 6.44. The van der Waals surface area contributed by atoms with Gasteiger partial charge in [-0.05, 0) is 62.3 Å². The second-order valence-corrected chi connectivity index (χ2v) is 6.44. The van der Waals surface area contributed by atoms with Crippen LogP contribution in [-0.4, -0.2) is 18.2 Å². The van der Waals surface area contributed by atoms with Crippen LogP contribution >= 0.6 is 0 Å². The number of amides is 1. The number of carbonyl (C=O) groups is 1. The van der Waals surface area contributed by atoms with Crippen molar-refractivity contribution in [2.75, 3.05) is 7.11 Å². The van der Waals surface area contributed by atoms with Crippen LogP contribution in [0.2, 0.25) is 0 Å². The summed E-state index contributed by atoms with van der Waals surface area (Å²) < 4.78 is 10.4. The number of fused-ring (bicyclic) bond motifs is 1. The molecule has 0 aliphatic heterocycles. The standard InChI is InChI=1S/C19H24N2O3/c1-12-18(13(2)24-21-12)11-20-19(22)10-15-6-4-5-14-9-16(23-3)7-8-17(14)15/h7-9,15H,4-6,10-11H2,1-3H3,(H,20,22). The van der Waals surface area contributed by atoms with E-state index in [1.54, 1.807) is 7.11 Å². The third kappa shape index (κ3) is 3.45. The number of aryl methyl sites for hydroxylation is 3. The molecule has 1 aromatic heterocycles. The van der Waals surface area contributed by atoms with Crippen molar-refractivity contribution in [3.8, 4) is 5.75 Å². The van der Waals surface area contributed by atoms with Crippen LogP contribution in [0.4, 0.5) is 0 Å². The summed E-state index contributed by atoms with van der Waals surface area (Å²) in [5.41, 5.74) is 4.40. The number of aromatic nitrogens is 1. The van der Waals surface area contributed by atoms with Crippen LogP contribution in [0, 0.1) is 13.8 Å². The number of methoxy groups -OCH3 is 1. The summed E-state index contributed by atoms with van der Waals surface area (Å²) >= 11 is 0. The van der Waals surface area contributed by atoms with E-state index in [-0.39, 0.29) is 11.8 Å². The Kier molecular flexibility index (Phi) is 4.88. The summed E-state index contributed by atoms with van der Waals surface area (Å²) in [6.45, 7) is 4.23. The molecule has 0 spiro atoms. The largest absolute Gasteiger partial charge is 0.497 e. The second kappa shape index (κ2) is 7.07. The highest BCUT2D eigenvalue weighted by molar-refractivity contribution is 5.77. The number of hydrogen-bond acceptors (Lipinski definition) is 4. The normalized spacial score (nSPS) is 16.5. The smallest absolute Gasteiger partial charge is 0.220 e. The van der Waals surface area contributed by atoms with Gasteiger partial charge in [-0.1, -0.05) is 11.2 Å². The Hall–Kier alpha value is -2.30. The Balaban J connectivity index is 1.63. The summed E-state index contributed by atoms with van der Waals surface area (Å²) in [5.74, 6) is 2.01. The third-order valence-electron chi connectivity index (χ3n) is 4.86. The van der Waals surface area contributed by atoms with Gasteiger partial charge in [0.15, 0.2) is 0 Å². The highest BCUT2D eigenvalue weighted by atomic mass is 16.5. The first-order valence-corrected chi connectivity index (χ1v) is 8.43. The Labute approximate surface area is 142 Å². The molecule has 0 radical (unpaired) electrons. The van der Waals surface area contributed by atoms with E-state index in [9.17, 15) is 4.79 Å². The van der Waals surface area contributed by atoms with Gasteiger partial charge >= 0.3 is 0 Å². The topological polar surface area (TPSA) is 64.4 Å². The van der Waals surface area contributed by atoms with Crippen molar-refractivity contribution in [3.63, 3.8) is 0 Å². The van der Waals surface area contributed by atoms with E-state index in [1.165, 1.54) is 11.1 Å². The van der Waals surface area contributed by atoms with Crippen molar-refractivity contribution >= 4 is 5.91 Å². The maximum atomic E-state index is 12.4. The van der Waals surface area contributed by atoms with E-state index in [0.29, 0.717) is 13.0 Å². The van der Waals surface area contributed by atoms with Crippen LogP contribution < -0.4 is 10.1 Å². The number of nitrogens with zero attached hydrogens (tertiary/aromatic N) is 1. The zero-order valence-electron chi connectivity index (χ0n) is 14.5. The molecule has 5 heteroatoms. The van der Waals surface area contributed by atoms with E-state index in [1.807, 2.05) is 19.9 Å². The third-order valence-corrected chi connectivity index (χ3v) is 4.86. The molecule has 24 heavy (non-hydrogen) atoms. The zero-order valence-corrected chi connectivity index (χ0v) is 14.5. The number of rotatable bonds is 5. The van der Waals surface area contributed by atoms with Gasteiger partial charge in [-0.15, -0.1) is 0 Å². The van der Waals surface area contributed by atoms with E-state index in [0.717, 1.165) is 42.0 Å².